The number of nitrogens with zero attached hydrogens (tertiary/aromatic N) is 3. The quantitative estimate of drug-likeness (QED) is 0.746. The number of likely N-dealkylation sites (tertiary alicyclic amines) is 1. The molecule has 116 valence electrons. The minimum Gasteiger partial charge on any atom is -0.460 e. The Kier molecular flexibility index (Phi) is 3.26. The molecule has 0 unspecified atom stereocenters. The Balaban J connectivity index is 1.82. The van der Waals surface area contributed by atoms with Crippen LogP contribution in [0.5, 0.6) is 0 Å². The van der Waals surface area contributed by atoms with Crippen molar-refractivity contribution in [2.45, 2.75) is 13.3 Å². The minimum atomic E-state index is 0.0162. The lowest BCUT2D eigenvalue weighted by molar-refractivity contribution is 0.0652. The van der Waals surface area contributed by atoms with Crippen LogP contribution in [0.1, 0.15) is 22.5 Å². The molecule has 5 nitrogen and oxygen atoms in total. The molecule has 2 aromatic heterocycles. The van der Waals surface area contributed by atoms with Gasteiger partial charge in [-0.25, -0.2) is 4.68 Å². The van der Waals surface area contributed by atoms with Crippen molar-refractivity contribution in [2.24, 2.45) is 0 Å². The molecule has 1 aliphatic rings. The second kappa shape index (κ2) is 5.43. The molecule has 1 aromatic carbocycles. The molecule has 0 radical (unpaired) electrons. The van der Waals surface area contributed by atoms with Crippen LogP contribution in [0.15, 0.2) is 53.1 Å². The number of carbonyl (C=O) groups is 1. The van der Waals surface area contributed by atoms with Gasteiger partial charge in [0.1, 0.15) is 11.5 Å². The number of furan rings is 1. The Labute approximate surface area is 134 Å². The first kappa shape index (κ1) is 13.8. The lowest BCUT2D eigenvalue weighted by Gasteiger charge is -2.30. The largest absolute Gasteiger partial charge is 0.460 e. The summed E-state index contributed by atoms with van der Waals surface area (Å²) in [5.74, 6) is 1.44. The first-order valence-electron chi connectivity index (χ1n) is 7.73. The normalized spacial score (nSPS) is 13.9. The number of rotatable bonds is 3. The van der Waals surface area contributed by atoms with Gasteiger partial charge in [-0.3, -0.25) is 4.79 Å². The van der Waals surface area contributed by atoms with Crippen LogP contribution >= 0.6 is 0 Å². The van der Waals surface area contributed by atoms with E-state index in [0.29, 0.717) is 17.0 Å². The molecule has 3 aromatic rings. The summed E-state index contributed by atoms with van der Waals surface area (Å²) in [6.45, 7) is 3.51. The van der Waals surface area contributed by atoms with Crippen molar-refractivity contribution in [3.8, 4) is 17.1 Å². The molecule has 0 saturated carbocycles. The summed E-state index contributed by atoms with van der Waals surface area (Å²) in [6.07, 6.45) is 2.86. The van der Waals surface area contributed by atoms with Crippen LogP contribution in [0.4, 0.5) is 0 Å². The number of carbonyl (C=O) groups excluding carboxylic acids is 1. The van der Waals surface area contributed by atoms with Gasteiger partial charge in [0.2, 0.25) is 0 Å². The molecule has 23 heavy (non-hydrogen) atoms. The summed E-state index contributed by atoms with van der Waals surface area (Å²) >= 11 is 0. The highest BCUT2D eigenvalue weighted by molar-refractivity contribution is 5.99. The highest BCUT2D eigenvalue weighted by atomic mass is 16.3. The van der Waals surface area contributed by atoms with E-state index in [2.05, 4.69) is 5.10 Å². The summed E-state index contributed by atoms with van der Waals surface area (Å²) in [7, 11) is 0. The molecule has 1 saturated heterocycles. The van der Waals surface area contributed by atoms with Crippen molar-refractivity contribution in [1.82, 2.24) is 14.7 Å². The van der Waals surface area contributed by atoms with E-state index < -0.39 is 0 Å². The van der Waals surface area contributed by atoms with Gasteiger partial charge in [-0.2, -0.15) is 5.10 Å². The van der Waals surface area contributed by atoms with Gasteiger partial charge >= 0.3 is 0 Å². The number of aromatic nitrogens is 2. The molecular formula is C18H17N3O2. The van der Waals surface area contributed by atoms with E-state index in [4.69, 9.17) is 4.42 Å². The third-order valence-electron chi connectivity index (χ3n) is 4.08. The topological polar surface area (TPSA) is 51.3 Å². The van der Waals surface area contributed by atoms with Gasteiger partial charge in [-0.05, 0) is 37.6 Å². The van der Waals surface area contributed by atoms with Crippen LogP contribution in [-0.4, -0.2) is 33.7 Å². The minimum absolute atomic E-state index is 0.0162. The first-order chi connectivity index (χ1) is 11.2. The fourth-order valence-electron chi connectivity index (χ4n) is 2.68. The summed E-state index contributed by atoms with van der Waals surface area (Å²) < 4.78 is 7.43. The van der Waals surface area contributed by atoms with Gasteiger partial charge in [0, 0.05) is 19.3 Å². The predicted molar refractivity (Wildman–Crippen MR) is 86.5 cm³/mol. The van der Waals surface area contributed by atoms with E-state index in [1.807, 2.05) is 54.3 Å². The molecule has 3 heterocycles. The maximum absolute atomic E-state index is 12.7. The molecule has 1 amide bonds. The summed E-state index contributed by atoms with van der Waals surface area (Å²) in [4.78, 5) is 14.5. The fraction of sp³-hybridized carbons (Fsp3) is 0.222. The lowest BCUT2D eigenvalue weighted by Crippen LogP contribution is -2.42. The first-order valence-corrected chi connectivity index (χ1v) is 7.73. The molecule has 0 aliphatic carbocycles. The number of benzene rings is 1. The number of hydrogen-bond acceptors (Lipinski definition) is 3. The fourth-order valence-corrected chi connectivity index (χ4v) is 2.68. The van der Waals surface area contributed by atoms with Crippen LogP contribution in [0.25, 0.3) is 17.1 Å². The van der Waals surface area contributed by atoms with Crippen molar-refractivity contribution in [1.29, 1.82) is 0 Å². The van der Waals surface area contributed by atoms with Crippen LogP contribution in [0.2, 0.25) is 0 Å². The summed E-state index contributed by atoms with van der Waals surface area (Å²) in [5.41, 5.74) is 2.10. The van der Waals surface area contributed by atoms with E-state index >= 15 is 0 Å². The predicted octanol–water partition coefficient (Wildman–Crippen LogP) is 3.29. The van der Waals surface area contributed by atoms with Gasteiger partial charge < -0.3 is 9.32 Å². The molecular weight excluding hydrogens is 290 g/mol. The molecule has 5 heteroatoms. The average Bonchev–Trinajstić information content (AvgIpc) is 3.12. The second-order valence-electron chi connectivity index (χ2n) is 5.73. The maximum atomic E-state index is 12.7. The lowest BCUT2D eigenvalue weighted by atomic mass is 10.1. The SMILES string of the molecule is Cc1ccc(-c2nn(-c3ccccc3)cc2C(=O)N2CCC2)o1. The average molecular weight is 307 g/mol. The Bertz CT molecular complexity index is 844. The molecule has 4 rings (SSSR count). The Morgan fingerprint density at radius 1 is 1.13 bits per heavy atom. The van der Waals surface area contributed by atoms with Crippen molar-refractivity contribution in [3.63, 3.8) is 0 Å². The van der Waals surface area contributed by atoms with Crippen molar-refractivity contribution >= 4 is 5.91 Å². The van der Waals surface area contributed by atoms with Crippen LogP contribution < -0.4 is 0 Å². The molecule has 1 aliphatic heterocycles. The van der Waals surface area contributed by atoms with Gasteiger partial charge in [0.25, 0.3) is 5.91 Å². The van der Waals surface area contributed by atoms with E-state index in [1.54, 1.807) is 10.9 Å². The monoisotopic (exact) mass is 307 g/mol. The van der Waals surface area contributed by atoms with E-state index in [-0.39, 0.29) is 5.91 Å². The molecule has 0 bridgehead atoms. The number of amides is 1. The Hall–Kier alpha value is -2.82. The molecule has 0 N–H and O–H groups in total. The molecule has 0 spiro atoms. The smallest absolute Gasteiger partial charge is 0.257 e. The standard InChI is InChI=1S/C18H17N3O2/c1-13-8-9-16(23-13)17-15(18(22)20-10-5-11-20)12-21(19-17)14-6-3-2-4-7-14/h2-4,6-9,12H,5,10-11H2,1H3. The van der Waals surface area contributed by atoms with E-state index in [9.17, 15) is 4.79 Å². The van der Waals surface area contributed by atoms with Crippen molar-refractivity contribution in [3.05, 3.63) is 60.0 Å². The van der Waals surface area contributed by atoms with Crippen molar-refractivity contribution in [2.75, 3.05) is 13.1 Å². The Morgan fingerprint density at radius 3 is 2.52 bits per heavy atom. The van der Waals surface area contributed by atoms with Gasteiger partial charge in [-0.1, -0.05) is 18.2 Å². The summed E-state index contributed by atoms with van der Waals surface area (Å²) in [5, 5.41) is 4.60. The molecule has 1 fully saturated rings. The zero-order chi connectivity index (χ0) is 15.8. The van der Waals surface area contributed by atoms with Crippen LogP contribution in [0, 0.1) is 6.92 Å². The number of para-hydroxylation sites is 1. The van der Waals surface area contributed by atoms with Crippen LogP contribution in [-0.2, 0) is 0 Å². The van der Waals surface area contributed by atoms with E-state index in [1.165, 1.54) is 0 Å². The zero-order valence-corrected chi connectivity index (χ0v) is 12.9. The highest BCUT2D eigenvalue weighted by Gasteiger charge is 2.27. The highest BCUT2D eigenvalue weighted by Crippen LogP contribution is 2.27. The number of aryl methyl sites for hydroxylation is 1. The van der Waals surface area contributed by atoms with Crippen LogP contribution in [0.3, 0.4) is 0 Å². The van der Waals surface area contributed by atoms with Gasteiger partial charge in [0.15, 0.2) is 5.76 Å². The maximum Gasteiger partial charge on any atom is 0.257 e. The van der Waals surface area contributed by atoms with Gasteiger partial charge in [0.05, 0.1) is 11.3 Å². The third-order valence-corrected chi connectivity index (χ3v) is 4.08. The second-order valence-corrected chi connectivity index (χ2v) is 5.73. The zero-order valence-electron chi connectivity index (χ0n) is 12.9. The van der Waals surface area contributed by atoms with Gasteiger partial charge in [-0.15, -0.1) is 0 Å². The number of hydrogen-bond donors (Lipinski definition) is 0. The summed E-state index contributed by atoms with van der Waals surface area (Å²) in [6, 6.07) is 13.5. The van der Waals surface area contributed by atoms with E-state index in [0.717, 1.165) is 31.0 Å². The third kappa shape index (κ3) is 2.44. The Morgan fingerprint density at radius 2 is 1.91 bits per heavy atom. The van der Waals surface area contributed by atoms with Crippen molar-refractivity contribution < 1.29 is 9.21 Å². The molecule has 0 atom stereocenters.